The first-order chi connectivity index (χ1) is 14.2. The van der Waals surface area contributed by atoms with Crippen molar-refractivity contribution in [2.75, 3.05) is 26.2 Å². The monoisotopic (exact) mass is 390 g/mol. The Morgan fingerprint density at radius 1 is 0.862 bits per heavy atom. The van der Waals surface area contributed by atoms with Crippen LogP contribution in [-0.4, -0.2) is 47.8 Å². The van der Waals surface area contributed by atoms with E-state index in [2.05, 4.69) is 36.4 Å². The molecule has 2 aromatic rings. The highest BCUT2D eigenvalue weighted by atomic mass is 16.2. The first-order valence-corrected chi connectivity index (χ1v) is 10.9. The van der Waals surface area contributed by atoms with E-state index >= 15 is 0 Å². The number of nitrogens with zero attached hydrogens (tertiary/aromatic N) is 2. The molecule has 0 saturated carbocycles. The van der Waals surface area contributed by atoms with Crippen molar-refractivity contribution in [2.24, 2.45) is 5.92 Å². The lowest BCUT2D eigenvalue weighted by Gasteiger charge is -2.36. The summed E-state index contributed by atoms with van der Waals surface area (Å²) in [6, 6.07) is 18.6. The molecule has 0 spiro atoms. The summed E-state index contributed by atoms with van der Waals surface area (Å²) in [4.78, 5) is 28.8. The van der Waals surface area contributed by atoms with Crippen LogP contribution in [0, 0.1) is 5.92 Å². The van der Waals surface area contributed by atoms with Gasteiger partial charge in [0.2, 0.25) is 11.8 Å². The number of likely N-dealkylation sites (tertiary alicyclic amines) is 2. The fourth-order valence-corrected chi connectivity index (χ4v) is 4.46. The van der Waals surface area contributed by atoms with E-state index in [1.807, 2.05) is 28.0 Å². The lowest BCUT2D eigenvalue weighted by Crippen LogP contribution is -2.44. The average Bonchev–Trinajstić information content (AvgIpc) is 2.77. The van der Waals surface area contributed by atoms with Gasteiger partial charge in [-0.05, 0) is 48.3 Å². The second-order valence-corrected chi connectivity index (χ2v) is 8.36. The van der Waals surface area contributed by atoms with Gasteiger partial charge in [0.15, 0.2) is 0 Å². The molecule has 2 fully saturated rings. The van der Waals surface area contributed by atoms with Crippen molar-refractivity contribution in [3.63, 3.8) is 0 Å². The Hall–Kier alpha value is -2.62. The zero-order chi connectivity index (χ0) is 20.1. The van der Waals surface area contributed by atoms with Crippen LogP contribution in [0.25, 0.3) is 11.1 Å². The fraction of sp³-hybridized carbons (Fsp3) is 0.440. The molecule has 0 unspecified atom stereocenters. The van der Waals surface area contributed by atoms with Gasteiger partial charge in [-0.25, -0.2) is 0 Å². The molecule has 0 atom stereocenters. The van der Waals surface area contributed by atoms with E-state index in [1.165, 1.54) is 11.1 Å². The first kappa shape index (κ1) is 19.7. The Balaban J connectivity index is 1.26. The maximum atomic E-state index is 12.7. The number of benzene rings is 2. The van der Waals surface area contributed by atoms with Gasteiger partial charge < -0.3 is 9.80 Å². The largest absolute Gasteiger partial charge is 0.342 e. The summed E-state index contributed by atoms with van der Waals surface area (Å²) in [5, 5.41) is 0. The number of amides is 2. The number of carbonyl (C=O) groups excluding carboxylic acids is 2. The van der Waals surface area contributed by atoms with E-state index in [0.717, 1.165) is 57.4 Å². The fourth-order valence-electron chi connectivity index (χ4n) is 4.46. The molecule has 4 nitrogen and oxygen atoms in total. The van der Waals surface area contributed by atoms with Crippen LogP contribution in [0.4, 0.5) is 0 Å². The number of rotatable bonds is 5. The van der Waals surface area contributed by atoms with Gasteiger partial charge in [0, 0.05) is 32.6 Å². The molecule has 4 heteroatoms. The zero-order valence-electron chi connectivity index (χ0n) is 17.1. The summed E-state index contributed by atoms with van der Waals surface area (Å²) in [5.41, 5.74) is 3.44. The molecule has 0 aliphatic carbocycles. The molecule has 2 saturated heterocycles. The van der Waals surface area contributed by atoms with Crippen LogP contribution < -0.4 is 0 Å². The van der Waals surface area contributed by atoms with E-state index in [-0.39, 0.29) is 5.91 Å². The summed E-state index contributed by atoms with van der Waals surface area (Å²) in [7, 11) is 0. The number of hydrogen-bond acceptors (Lipinski definition) is 2. The highest BCUT2D eigenvalue weighted by Crippen LogP contribution is 2.23. The van der Waals surface area contributed by atoms with E-state index in [9.17, 15) is 9.59 Å². The van der Waals surface area contributed by atoms with Gasteiger partial charge in [0.1, 0.15) is 0 Å². The molecule has 2 aliphatic rings. The summed E-state index contributed by atoms with van der Waals surface area (Å²) in [6.45, 7) is 3.42. The van der Waals surface area contributed by atoms with E-state index in [1.54, 1.807) is 0 Å². The quantitative estimate of drug-likeness (QED) is 0.770. The van der Waals surface area contributed by atoms with E-state index in [0.29, 0.717) is 24.7 Å². The van der Waals surface area contributed by atoms with Gasteiger partial charge in [-0.2, -0.15) is 0 Å². The molecule has 0 N–H and O–H groups in total. The molecule has 2 amide bonds. The minimum atomic E-state index is 0.213. The normalized spacial score (nSPS) is 18.1. The molecule has 2 aromatic carbocycles. The Morgan fingerprint density at radius 3 is 2.24 bits per heavy atom. The van der Waals surface area contributed by atoms with Crippen LogP contribution in [0.2, 0.25) is 0 Å². The van der Waals surface area contributed by atoms with Crippen molar-refractivity contribution >= 4 is 11.8 Å². The molecule has 2 aliphatic heterocycles. The maximum absolute atomic E-state index is 12.7. The second kappa shape index (κ2) is 9.25. The maximum Gasteiger partial charge on any atom is 0.226 e. The van der Waals surface area contributed by atoms with Crippen LogP contribution in [0.15, 0.2) is 54.6 Å². The lowest BCUT2D eigenvalue weighted by molar-refractivity contribution is -0.136. The van der Waals surface area contributed by atoms with Crippen LogP contribution in [-0.2, 0) is 16.0 Å². The third kappa shape index (κ3) is 5.06. The summed E-state index contributed by atoms with van der Waals surface area (Å²) in [6.07, 6.45) is 5.34. The van der Waals surface area contributed by atoms with Gasteiger partial charge in [-0.3, -0.25) is 9.59 Å². The minimum Gasteiger partial charge on any atom is -0.342 e. The molecule has 29 heavy (non-hydrogen) atoms. The standard InChI is InChI=1S/C25H30N2O2/c28-24-8-4-5-15-27(24)19-21-13-16-26(17-14-21)25(29)18-20-9-11-23(12-10-20)22-6-2-1-3-7-22/h1-3,6-7,9-12,21H,4-5,8,13-19H2. The third-order valence-electron chi connectivity index (χ3n) is 6.28. The Bertz CT molecular complexity index is 824. The molecular weight excluding hydrogens is 360 g/mol. The topological polar surface area (TPSA) is 40.6 Å². The number of carbonyl (C=O) groups is 2. The summed E-state index contributed by atoms with van der Waals surface area (Å²) < 4.78 is 0. The first-order valence-electron chi connectivity index (χ1n) is 10.9. The molecule has 152 valence electrons. The highest BCUT2D eigenvalue weighted by molar-refractivity contribution is 5.79. The predicted octanol–water partition coefficient (Wildman–Crippen LogP) is 4.15. The van der Waals surface area contributed by atoms with Crippen LogP contribution in [0.5, 0.6) is 0 Å². The smallest absolute Gasteiger partial charge is 0.226 e. The highest BCUT2D eigenvalue weighted by Gasteiger charge is 2.26. The summed E-state index contributed by atoms with van der Waals surface area (Å²) >= 11 is 0. The van der Waals surface area contributed by atoms with Crippen molar-refractivity contribution in [2.45, 2.75) is 38.5 Å². The minimum absolute atomic E-state index is 0.213. The second-order valence-electron chi connectivity index (χ2n) is 8.36. The van der Waals surface area contributed by atoms with Crippen LogP contribution in [0.1, 0.15) is 37.7 Å². The molecule has 0 radical (unpaired) electrons. The Labute approximate surface area is 173 Å². The van der Waals surface area contributed by atoms with Crippen LogP contribution in [0.3, 0.4) is 0 Å². The number of hydrogen-bond donors (Lipinski definition) is 0. The van der Waals surface area contributed by atoms with Crippen molar-refractivity contribution in [1.29, 1.82) is 0 Å². The third-order valence-corrected chi connectivity index (χ3v) is 6.28. The van der Waals surface area contributed by atoms with Gasteiger partial charge in [-0.15, -0.1) is 0 Å². The van der Waals surface area contributed by atoms with Crippen molar-refractivity contribution in [1.82, 2.24) is 9.80 Å². The average molecular weight is 391 g/mol. The Kier molecular flexibility index (Phi) is 6.28. The van der Waals surface area contributed by atoms with Gasteiger partial charge in [-0.1, -0.05) is 54.6 Å². The van der Waals surface area contributed by atoms with Gasteiger partial charge >= 0.3 is 0 Å². The summed E-state index contributed by atoms with van der Waals surface area (Å²) in [5.74, 6) is 1.06. The van der Waals surface area contributed by atoms with Crippen molar-refractivity contribution < 1.29 is 9.59 Å². The van der Waals surface area contributed by atoms with Crippen LogP contribution >= 0.6 is 0 Å². The van der Waals surface area contributed by atoms with Crippen molar-refractivity contribution in [3.05, 3.63) is 60.2 Å². The zero-order valence-corrected chi connectivity index (χ0v) is 17.1. The molecule has 4 rings (SSSR count). The van der Waals surface area contributed by atoms with E-state index in [4.69, 9.17) is 0 Å². The SMILES string of the molecule is O=C(Cc1ccc(-c2ccccc2)cc1)N1CCC(CN2CCCCC2=O)CC1. The molecule has 2 heterocycles. The Morgan fingerprint density at radius 2 is 1.55 bits per heavy atom. The van der Waals surface area contributed by atoms with Crippen molar-refractivity contribution in [3.8, 4) is 11.1 Å². The molecular formula is C25H30N2O2. The molecule has 0 bridgehead atoms. The van der Waals surface area contributed by atoms with Gasteiger partial charge in [0.25, 0.3) is 0 Å². The van der Waals surface area contributed by atoms with Gasteiger partial charge in [0.05, 0.1) is 6.42 Å². The lowest BCUT2D eigenvalue weighted by atomic mass is 9.94. The number of piperidine rings is 2. The predicted molar refractivity (Wildman–Crippen MR) is 115 cm³/mol. The molecule has 0 aromatic heterocycles. The van der Waals surface area contributed by atoms with E-state index < -0.39 is 0 Å².